The third-order valence-electron chi connectivity index (χ3n) is 2.09. The summed E-state index contributed by atoms with van der Waals surface area (Å²) >= 11 is 0. The molecule has 0 aromatic carbocycles. The minimum absolute atomic E-state index is 0.000478. The topological polar surface area (TPSA) is 73.9 Å². The van der Waals surface area contributed by atoms with Gasteiger partial charge in [0.2, 0.25) is 0 Å². The summed E-state index contributed by atoms with van der Waals surface area (Å²) in [6, 6.07) is -0.000478. The number of hydrogen-bond donors (Lipinski definition) is 1. The lowest BCUT2D eigenvalue weighted by molar-refractivity contribution is 0.0650. The van der Waals surface area contributed by atoms with Crippen molar-refractivity contribution in [2.75, 3.05) is 40.7 Å². The van der Waals surface area contributed by atoms with Crippen molar-refractivity contribution >= 4 is 10.1 Å². The molecule has 0 bridgehead atoms. The van der Waals surface area contributed by atoms with E-state index < -0.39 is 10.1 Å². The van der Waals surface area contributed by atoms with E-state index in [1.54, 1.807) is 33.4 Å². The molecule has 17 heavy (non-hydrogen) atoms. The molecule has 0 rings (SSSR count). The summed E-state index contributed by atoms with van der Waals surface area (Å²) in [5, 5.41) is 3.05. The summed E-state index contributed by atoms with van der Waals surface area (Å²) in [5.41, 5.74) is 0. The van der Waals surface area contributed by atoms with E-state index >= 15 is 0 Å². The van der Waals surface area contributed by atoms with E-state index in [-0.39, 0.29) is 18.8 Å². The first kappa shape index (κ1) is 16.5. The average molecular weight is 267 g/mol. The molecule has 0 aliphatic carbocycles. The molecule has 0 fully saturated rings. The Balaban J connectivity index is 4.23. The molecule has 0 heterocycles. The molecular weight excluding hydrogens is 246 g/mol. The maximum absolute atomic E-state index is 10.7. The van der Waals surface area contributed by atoms with E-state index in [9.17, 15) is 8.42 Å². The summed E-state index contributed by atoms with van der Waals surface area (Å²) in [6.45, 7) is 0.494. The molecule has 6 nitrogen and oxygen atoms in total. The molecule has 0 aromatic heterocycles. The second kappa shape index (κ2) is 8.60. The largest absolute Gasteiger partial charge is 0.383 e. The molecule has 1 N–H and O–H groups in total. The minimum atomic E-state index is -3.40. The molecule has 0 saturated heterocycles. The number of hydrogen-bond acceptors (Lipinski definition) is 6. The predicted octanol–water partition coefficient (Wildman–Crippen LogP) is -0.232. The quantitative estimate of drug-likeness (QED) is 0.459. The van der Waals surface area contributed by atoms with Crippen LogP contribution in [0.15, 0.2) is 12.2 Å². The highest BCUT2D eigenvalue weighted by Crippen LogP contribution is 2.01. The number of rotatable bonds is 9. The van der Waals surface area contributed by atoms with Gasteiger partial charge in [-0.15, -0.1) is 0 Å². The molecule has 0 saturated carbocycles. The van der Waals surface area contributed by atoms with Gasteiger partial charge in [0.05, 0.1) is 31.6 Å². The summed E-state index contributed by atoms with van der Waals surface area (Å²) < 4.78 is 36.3. The van der Waals surface area contributed by atoms with Gasteiger partial charge in [-0.1, -0.05) is 12.2 Å². The Hall–Kier alpha value is -0.470. The first-order valence-corrected chi connectivity index (χ1v) is 6.96. The van der Waals surface area contributed by atoms with Gasteiger partial charge in [0, 0.05) is 14.2 Å². The second-order valence-corrected chi connectivity index (χ2v) is 5.11. The standard InChI is InChI=1S/C10H21NO5S/c1-11-9(8-14-2)10(15-3)6-5-7-16-17(4,12)13/h5-6,9-11H,7-8H2,1-4H3/b6-5+/t9?,10-/m1/s1. The Labute approximate surface area is 103 Å². The van der Waals surface area contributed by atoms with Crippen molar-refractivity contribution in [3.63, 3.8) is 0 Å². The van der Waals surface area contributed by atoms with Crippen LogP contribution in [-0.4, -0.2) is 61.3 Å². The molecule has 0 spiro atoms. The summed E-state index contributed by atoms with van der Waals surface area (Å²) in [4.78, 5) is 0. The summed E-state index contributed by atoms with van der Waals surface area (Å²) in [6.07, 6.45) is 4.15. The van der Waals surface area contributed by atoms with Crippen LogP contribution < -0.4 is 5.32 Å². The highest BCUT2D eigenvalue weighted by atomic mass is 32.2. The van der Waals surface area contributed by atoms with Crippen LogP contribution in [0, 0.1) is 0 Å². The van der Waals surface area contributed by atoms with Crippen LogP contribution in [0.2, 0.25) is 0 Å². The van der Waals surface area contributed by atoms with Gasteiger partial charge < -0.3 is 14.8 Å². The van der Waals surface area contributed by atoms with Crippen molar-refractivity contribution in [2.24, 2.45) is 0 Å². The van der Waals surface area contributed by atoms with Crippen LogP contribution in [0.25, 0.3) is 0 Å². The Bertz CT molecular complexity index is 315. The highest BCUT2D eigenvalue weighted by Gasteiger charge is 2.16. The van der Waals surface area contributed by atoms with Crippen LogP contribution in [0.1, 0.15) is 0 Å². The third-order valence-corrected chi connectivity index (χ3v) is 2.65. The van der Waals surface area contributed by atoms with Gasteiger partial charge >= 0.3 is 0 Å². The zero-order chi connectivity index (χ0) is 13.3. The Morgan fingerprint density at radius 2 is 2.00 bits per heavy atom. The van der Waals surface area contributed by atoms with Crippen LogP contribution in [-0.2, 0) is 23.8 Å². The first-order valence-electron chi connectivity index (χ1n) is 5.14. The molecule has 7 heteroatoms. The number of likely N-dealkylation sites (N-methyl/N-ethyl adjacent to an activating group) is 1. The molecule has 102 valence electrons. The van der Waals surface area contributed by atoms with Gasteiger partial charge in [0.1, 0.15) is 0 Å². The molecule has 0 amide bonds. The molecule has 2 atom stereocenters. The van der Waals surface area contributed by atoms with Crippen LogP contribution >= 0.6 is 0 Å². The van der Waals surface area contributed by atoms with E-state index in [1.165, 1.54) is 0 Å². The molecule has 0 radical (unpaired) electrons. The lowest BCUT2D eigenvalue weighted by atomic mass is 10.1. The minimum Gasteiger partial charge on any atom is -0.383 e. The van der Waals surface area contributed by atoms with Crippen LogP contribution in [0.4, 0.5) is 0 Å². The van der Waals surface area contributed by atoms with E-state index in [1.807, 2.05) is 0 Å². The maximum atomic E-state index is 10.7. The lowest BCUT2D eigenvalue weighted by Gasteiger charge is -2.22. The predicted molar refractivity (Wildman–Crippen MR) is 65.5 cm³/mol. The molecular formula is C10H21NO5S. The number of nitrogens with one attached hydrogen (secondary N) is 1. The van der Waals surface area contributed by atoms with E-state index in [4.69, 9.17) is 9.47 Å². The van der Waals surface area contributed by atoms with E-state index in [0.29, 0.717) is 6.61 Å². The van der Waals surface area contributed by atoms with E-state index in [2.05, 4.69) is 9.50 Å². The van der Waals surface area contributed by atoms with Crippen molar-refractivity contribution in [2.45, 2.75) is 12.1 Å². The summed E-state index contributed by atoms with van der Waals surface area (Å²) in [5.74, 6) is 0. The van der Waals surface area contributed by atoms with Gasteiger partial charge in [0.15, 0.2) is 0 Å². The van der Waals surface area contributed by atoms with Crippen molar-refractivity contribution in [1.29, 1.82) is 0 Å². The Kier molecular flexibility index (Phi) is 8.36. The summed E-state index contributed by atoms with van der Waals surface area (Å²) in [7, 11) is 1.59. The monoisotopic (exact) mass is 267 g/mol. The van der Waals surface area contributed by atoms with Crippen LogP contribution in [0.3, 0.4) is 0 Å². The average Bonchev–Trinajstić information content (AvgIpc) is 2.25. The van der Waals surface area contributed by atoms with Gasteiger partial charge in [0.25, 0.3) is 10.1 Å². The molecule has 0 aromatic rings. The number of ether oxygens (including phenoxy) is 2. The molecule has 1 unspecified atom stereocenters. The van der Waals surface area contributed by atoms with Gasteiger partial charge in [-0.2, -0.15) is 8.42 Å². The fourth-order valence-corrected chi connectivity index (χ4v) is 1.58. The third kappa shape index (κ3) is 8.28. The molecule has 0 aliphatic heterocycles. The van der Waals surface area contributed by atoms with Crippen molar-refractivity contribution in [3.8, 4) is 0 Å². The zero-order valence-corrected chi connectivity index (χ0v) is 11.5. The lowest BCUT2D eigenvalue weighted by Crippen LogP contribution is -2.41. The fraction of sp³-hybridized carbons (Fsp3) is 0.800. The Morgan fingerprint density at radius 3 is 2.41 bits per heavy atom. The van der Waals surface area contributed by atoms with Crippen molar-refractivity contribution < 1.29 is 22.1 Å². The van der Waals surface area contributed by atoms with Gasteiger partial charge in [-0.25, -0.2) is 0 Å². The van der Waals surface area contributed by atoms with Crippen molar-refractivity contribution in [1.82, 2.24) is 5.32 Å². The second-order valence-electron chi connectivity index (χ2n) is 3.47. The van der Waals surface area contributed by atoms with Crippen molar-refractivity contribution in [3.05, 3.63) is 12.2 Å². The highest BCUT2D eigenvalue weighted by molar-refractivity contribution is 7.85. The fourth-order valence-electron chi connectivity index (χ4n) is 1.25. The van der Waals surface area contributed by atoms with Gasteiger partial charge in [-0.05, 0) is 7.05 Å². The molecule has 0 aliphatic rings. The maximum Gasteiger partial charge on any atom is 0.264 e. The van der Waals surface area contributed by atoms with Crippen LogP contribution in [0.5, 0.6) is 0 Å². The number of methoxy groups -OCH3 is 2. The Morgan fingerprint density at radius 1 is 1.35 bits per heavy atom. The normalized spacial score (nSPS) is 16.2. The van der Waals surface area contributed by atoms with E-state index in [0.717, 1.165) is 6.26 Å². The van der Waals surface area contributed by atoms with Gasteiger partial charge in [-0.3, -0.25) is 4.18 Å². The first-order chi connectivity index (χ1) is 7.94. The SMILES string of the molecule is CNC(COC)[C@@H](/C=C/COS(C)(=O)=O)OC. The smallest absolute Gasteiger partial charge is 0.264 e. The zero-order valence-electron chi connectivity index (χ0n) is 10.7.